The minimum atomic E-state index is 0.714. The smallest absolute Gasteiger partial charge is 0.119 e. The van der Waals surface area contributed by atoms with Crippen LogP contribution in [0.25, 0.3) is 0 Å². The Hall–Kier alpha value is -0.540. The molecule has 1 aliphatic rings. The summed E-state index contributed by atoms with van der Waals surface area (Å²) >= 11 is 3.58. The number of halogens is 1. The summed E-state index contributed by atoms with van der Waals surface area (Å²) in [6.45, 7) is 5.89. The summed E-state index contributed by atoms with van der Waals surface area (Å²) in [4.78, 5) is 0. The zero-order chi connectivity index (χ0) is 13.7. The molecule has 0 amide bonds. The fourth-order valence-electron chi connectivity index (χ4n) is 2.73. The molecular formula is C16H24BrNO. The number of rotatable bonds is 5. The Labute approximate surface area is 125 Å². The van der Waals surface area contributed by atoms with Gasteiger partial charge in [0.1, 0.15) is 12.4 Å². The van der Waals surface area contributed by atoms with Crippen molar-refractivity contribution in [2.75, 3.05) is 13.2 Å². The lowest BCUT2D eigenvalue weighted by Crippen LogP contribution is -2.34. The van der Waals surface area contributed by atoms with Crippen molar-refractivity contribution in [1.29, 1.82) is 0 Å². The first-order valence-corrected chi connectivity index (χ1v) is 8.09. The minimum Gasteiger partial charge on any atom is -0.492 e. The number of aryl methyl sites for hydroxylation is 2. The number of hydrogen-bond acceptors (Lipinski definition) is 2. The zero-order valence-electron chi connectivity index (χ0n) is 12.0. The van der Waals surface area contributed by atoms with Gasteiger partial charge in [-0.15, -0.1) is 0 Å². The molecule has 0 spiro atoms. The van der Waals surface area contributed by atoms with Gasteiger partial charge in [0, 0.05) is 17.1 Å². The van der Waals surface area contributed by atoms with E-state index in [1.54, 1.807) is 0 Å². The second-order valence-corrected chi connectivity index (χ2v) is 6.30. The molecule has 0 saturated heterocycles. The van der Waals surface area contributed by atoms with Gasteiger partial charge in [-0.1, -0.05) is 35.2 Å². The topological polar surface area (TPSA) is 21.3 Å². The predicted octanol–water partition coefficient (Wildman–Crippen LogP) is 4.37. The van der Waals surface area contributed by atoms with E-state index in [1.165, 1.54) is 47.7 Å². The molecule has 0 heterocycles. The second-order valence-electron chi connectivity index (χ2n) is 5.51. The number of ether oxygens (including phenoxy) is 1. The molecule has 0 unspecified atom stereocenters. The van der Waals surface area contributed by atoms with E-state index >= 15 is 0 Å². The molecule has 19 heavy (non-hydrogen) atoms. The standard InChI is InChI=1S/C16H24BrNO/c1-12-10-15(11-13(2)16(12)17)19-9-8-18-14-6-4-3-5-7-14/h10-11,14,18H,3-9H2,1-2H3. The third-order valence-corrected chi connectivity index (χ3v) is 5.07. The van der Waals surface area contributed by atoms with Gasteiger partial charge in [0.05, 0.1) is 0 Å². The molecule has 0 radical (unpaired) electrons. The Kier molecular flexibility index (Phi) is 5.71. The molecule has 0 aliphatic heterocycles. The highest BCUT2D eigenvalue weighted by molar-refractivity contribution is 9.10. The lowest BCUT2D eigenvalue weighted by Gasteiger charge is -2.22. The highest BCUT2D eigenvalue weighted by Crippen LogP contribution is 2.26. The average molecular weight is 326 g/mol. The Morgan fingerprint density at radius 2 is 1.79 bits per heavy atom. The highest BCUT2D eigenvalue weighted by Gasteiger charge is 2.12. The van der Waals surface area contributed by atoms with E-state index in [0.717, 1.165) is 18.9 Å². The zero-order valence-corrected chi connectivity index (χ0v) is 13.6. The van der Waals surface area contributed by atoms with E-state index in [4.69, 9.17) is 4.74 Å². The van der Waals surface area contributed by atoms with Gasteiger partial charge in [0.2, 0.25) is 0 Å². The van der Waals surface area contributed by atoms with Crippen LogP contribution in [0.4, 0.5) is 0 Å². The molecule has 1 aliphatic carbocycles. The Morgan fingerprint density at radius 3 is 2.42 bits per heavy atom. The fourth-order valence-corrected chi connectivity index (χ4v) is 2.96. The van der Waals surface area contributed by atoms with Gasteiger partial charge >= 0.3 is 0 Å². The van der Waals surface area contributed by atoms with Crippen LogP contribution in [-0.2, 0) is 0 Å². The van der Waals surface area contributed by atoms with Crippen molar-refractivity contribution in [2.45, 2.75) is 52.0 Å². The summed E-state index contributed by atoms with van der Waals surface area (Å²) in [5.74, 6) is 0.976. The third kappa shape index (κ3) is 4.50. The van der Waals surface area contributed by atoms with E-state index in [2.05, 4.69) is 47.2 Å². The first kappa shape index (κ1) is 14.9. The monoisotopic (exact) mass is 325 g/mol. The molecule has 1 N–H and O–H groups in total. The Bertz CT molecular complexity index is 390. The maximum absolute atomic E-state index is 5.83. The summed E-state index contributed by atoms with van der Waals surface area (Å²) < 4.78 is 7.01. The van der Waals surface area contributed by atoms with Crippen molar-refractivity contribution in [3.05, 3.63) is 27.7 Å². The first-order valence-electron chi connectivity index (χ1n) is 7.30. The van der Waals surface area contributed by atoms with E-state index in [1.807, 2.05) is 0 Å². The summed E-state index contributed by atoms with van der Waals surface area (Å²) in [6.07, 6.45) is 6.83. The van der Waals surface area contributed by atoms with Crippen LogP contribution in [0.5, 0.6) is 5.75 Å². The van der Waals surface area contributed by atoms with Crippen LogP contribution in [0.1, 0.15) is 43.2 Å². The highest BCUT2D eigenvalue weighted by atomic mass is 79.9. The molecule has 0 bridgehead atoms. The van der Waals surface area contributed by atoms with Crippen LogP contribution in [0.15, 0.2) is 16.6 Å². The van der Waals surface area contributed by atoms with Crippen molar-refractivity contribution >= 4 is 15.9 Å². The van der Waals surface area contributed by atoms with E-state index in [-0.39, 0.29) is 0 Å². The van der Waals surface area contributed by atoms with Crippen molar-refractivity contribution < 1.29 is 4.74 Å². The molecule has 3 heteroatoms. The van der Waals surface area contributed by atoms with Gasteiger partial charge in [0.25, 0.3) is 0 Å². The quantitative estimate of drug-likeness (QED) is 0.812. The van der Waals surface area contributed by atoms with Crippen molar-refractivity contribution in [1.82, 2.24) is 5.32 Å². The summed E-state index contributed by atoms with van der Waals surface area (Å²) in [5.41, 5.74) is 2.46. The van der Waals surface area contributed by atoms with Crippen molar-refractivity contribution in [3.63, 3.8) is 0 Å². The molecule has 1 fully saturated rings. The minimum absolute atomic E-state index is 0.714. The number of benzene rings is 1. The predicted molar refractivity (Wildman–Crippen MR) is 84.0 cm³/mol. The lowest BCUT2D eigenvalue weighted by atomic mass is 9.96. The lowest BCUT2D eigenvalue weighted by molar-refractivity contribution is 0.289. The van der Waals surface area contributed by atoms with Crippen LogP contribution in [0.3, 0.4) is 0 Å². The molecule has 1 aromatic rings. The van der Waals surface area contributed by atoms with Gasteiger partial charge in [0.15, 0.2) is 0 Å². The van der Waals surface area contributed by atoms with Gasteiger partial charge in [-0.3, -0.25) is 0 Å². The number of nitrogens with one attached hydrogen (secondary N) is 1. The van der Waals surface area contributed by atoms with Crippen LogP contribution < -0.4 is 10.1 Å². The van der Waals surface area contributed by atoms with Gasteiger partial charge in [-0.2, -0.15) is 0 Å². The molecular weight excluding hydrogens is 302 g/mol. The molecule has 106 valence electrons. The van der Waals surface area contributed by atoms with Crippen LogP contribution in [-0.4, -0.2) is 19.2 Å². The average Bonchev–Trinajstić information content (AvgIpc) is 2.42. The maximum Gasteiger partial charge on any atom is 0.119 e. The summed E-state index contributed by atoms with van der Waals surface area (Å²) in [5, 5.41) is 3.60. The Balaban J connectivity index is 1.73. The van der Waals surface area contributed by atoms with Crippen molar-refractivity contribution in [2.24, 2.45) is 0 Å². The Morgan fingerprint density at radius 1 is 1.16 bits per heavy atom. The number of hydrogen-bond donors (Lipinski definition) is 1. The molecule has 2 nitrogen and oxygen atoms in total. The van der Waals surface area contributed by atoms with E-state index in [0.29, 0.717) is 6.04 Å². The maximum atomic E-state index is 5.83. The van der Waals surface area contributed by atoms with Gasteiger partial charge < -0.3 is 10.1 Å². The van der Waals surface area contributed by atoms with Crippen LogP contribution >= 0.6 is 15.9 Å². The summed E-state index contributed by atoms with van der Waals surface area (Å²) in [7, 11) is 0. The fraction of sp³-hybridized carbons (Fsp3) is 0.625. The summed E-state index contributed by atoms with van der Waals surface area (Å²) in [6, 6.07) is 4.90. The van der Waals surface area contributed by atoms with E-state index < -0.39 is 0 Å². The first-order chi connectivity index (χ1) is 9.16. The van der Waals surface area contributed by atoms with E-state index in [9.17, 15) is 0 Å². The van der Waals surface area contributed by atoms with Gasteiger partial charge in [-0.05, 0) is 49.9 Å². The van der Waals surface area contributed by atoms with Crippen LogP contribution in [0, 0.1) is 13.8 Å². The third-order valence-electron chi connectivity index (χ3n) is 3.82. The molecule has 1 saturated carbocycles. The molecule has 0 aromatic heterocycles. The molecule has 1 aromatic carbocycles. The van der Waals surface area contributed by atoms with Crippen molar-refractivity contribution in [3.8, 4) is 5.75 Å². The second kappa shape index (κ2) is 7.30. The normalized spacial score (nSPS) is 16.6. The van der Waals surface area contributed by atoms with Crippen LogP contribution in [0.2, 0.25) is 0 Å². The van der Waals surface area contributed by atoms with Gasteiger partial charge in [-0.25, -0.2) is 0 Å². The molecule has 0 atom stereocenters. The largest absolute Gasteiger partial charge is 0.492 e. The SMILES string of the molecule is Cc1cc(OCCNC2CCCCC2)cc(C)c1Br. The molecule has 2 rings (SSSR count).